The van der Waals surface area contributed by atoms with Gasteiger partial charge in [-0.05, 0) is 43.3 Å². The van der Waals surface area contributed by atoms with Gasteiger partial charge >= 0.3 is 0 Å². The largest absolute Gasteiger partial charge is 0.546 e. The van der Waals surface area contributed by atoms with Crippen molar-refractivity contribution in [3.8, 4) is 11.4 Å². The van der Waals surface area contributed by atoms with Crippen LogP contribution >= 0.6 is 11.8 Å². The molecule has 0 unspecified atom stereocenters. The highest BCUT2D eigenvalue weighted by Gasteiger charge is 2.14. The molecule has 0 aliphatic carbocycles. The summed E-state index contributed by atoms with van der Waals surface area (Å²) in [6.07, 6.45) is 1.35. The summed E-state index contributed by atoms with van der Waals surface area (Å²) in [5.74, 6) is -1.52. The Morgan fingerprint density at radius 2 is 1.81 bits per heavy atom. The molecule has 0 saturated heterocycles. The number of hydrogen-bond acceptors (Lipinski definition) is 8. The van der Waals surface area contributed by atoms with E-state index in [2.05, 4.69) is 15.5 Å². The highest BCUT2D eigenvalue weighted by molar-refractivity contribution is 7.99. The standard InChI is InChI=1S/C26H22N4O5S/c1-17-10-12-19(13-11-17)30-25(34)20-7-3-4-8-21(20)28-26(30)36-16-23(31)29-27-14-18-6-2-5-9-22(18)35-15-24(32)33/h2-14H,15-16H2,1H3,(H,29,31)(H,32,33)/p-1/b27-14-. The van der Waals surface area contributed by atoms with Crippen molar-refractivity contribution in [3.63, 3.8) is 0 Å². The number of hydrazone groups is 1. The summed E-state index contributed by atoms with van der Waals surface area (Å²) in [5.41, 5.74) is 4.93. The summed E-state index contributed by atoms with van der Waals surface area (Å²) in [4.78, 5) is 41.0. The Morgan fingerprint density at radius 3 is 2.58 bits per heavy atom. The van der Waals surface area contributed by atoms with Gasteiger partial charge in [-0.3, -0.25) is 14.2 Å². The number of ether oxygens (including phenoxy) is 1. The molecule has 0 aliphatic heterocycles. The first-order chi connectivity index (χ1) is 17.4. The topological polar surface area (TPSA) is 126 Å². The zero-order valence-corrected chi connectivity index (χ0v) is 20.0. The van der Waals surface area contributed by atoms with Crippen LogP contribution in [0.5, 0.6) is 5.75 Å². The molecule has 1 N–H and O–H groups in total. The quantitative estimate of drug-likeness (QED) is 0.161. The van der Waals surface area contributed by atoms with Gasteiger partial charge in [-0.25, -0.2) is 10.4 Å². The van der Waals surface area contributed by atoms with Crippen LogP contribution in [0.25, 0.3) is 16.6 Å². The average molecular weight is 502 g/mol. The van der Waals surface area contributed by atoms with Crippen molar-refractivity contribution in [2.75, 3.05) is 12.4 Å². The summed E-state index contributed by atoms with van der Waals surface area (Å²) < 4.78 is 6.65. The van der Waals surface area contributed by atoms with Crippen LogP contribution in [0.4, 0.5) is 0 Å². The lowest BCUT2D eigenvalue weighted by atomic mass is 10.2. The van der Waals surface area contributed by atoms with E-state index in [4.69, 9.17) is 4.74 Å². The molecule has 182 valence electrons. The first kappa shape index (κ1) is 24.7. The Kier molecular flexibility index (Phi) is 7.76. The third-order valence-electron chi connectivity index (χ3n) is 5.03. The minimum atomic E-state index is -1.35. The highest BCUT2D eigenvalue weighted by atomic mass is 32.2. The fraction of sp³-hybridized carbons (Fsp3) is 0.115. The molecule has 1 heterocycles. The van der Waals surface area contributed by atoms with Gasteiger partial charge in [-0.1, -0.05) is 53.7 Å². The molecule has 0 fully saturated rings. The molecular weight excluding hydrogens is 480 g/mol. The number of carbonyl (C=O) groups excluding carboxylic acids is 2. The van der Waals surface area contributed by atoms with Gasteiger partial charge in [-0.2, -0.15) is 5.10 Å². The molecule has 36 heavy (non-hydrogen) atoms. The molecule has 0 saturated carbocycles. The molecule has 4 rings (SSSR count). The van der Waals surface area contributed by atoms with Gasteiger partial charge in [0.2, 0.25) is 0 Å². The average Bonchev–Trinajstić information content (AvgIpc) is 2.88. The summed E-state index contributed by atoms with van der Waals surface area (Å²) in [6, 6.07) is 21.2. The first-order valence-electron chi connectivity index (χ1n) is 10.9. The van der Waals surface area contributed by atoms with E-state index in [0.717, 1.165) is 17.3 Å². The van der Waals surface area contributed by atoms with Crippen molar-refractivity contribution in [2.24, 2.45) is 5.10 Å². The smallest absolute Gasteiger partial charge is 0.266 e. The third-order valence-corrected chi connectivity index (χ3v) is 5.97. The number of nitrogens with one attached hydrogen (secondary N) is 1. The molecule has 10 heteroatoms. The van der Waals surface area contributed by atoms with Crippen molar-refractivity contribution in [1.82, 2.24) is 15.0 Å². The molecule has 0 spiro atoms. The van der Waals surface area contributed by atoms with Crippen molar-refractivity contribution >= 4 is 40.8 Å². The molecular formula is C26H21N4O5S-. The normalized spacial score (nSPS) is 11.0. The molecule has 0 bridgehead atoms. The van der Waals surface area contributed by atoms with E-state index in [1.807, 2.05) is 31.2 Å². The Morgan fingerprint density at radius 1 is 1.08 bits per heavy atom. The Bertz CT molecular complexity index is 1500. The fourth-order valence-corrected chi connectivity index (χ4v) is 4.13. The number of aryl methyl sites for hydroxylation is 1. The van der Waals surface area contributed by atoms with Crippen LogP contribution < -0.4 is 20.8 Å². The zero-order valence-electron chi connectivity index (χ0n) is 19.2. The van der Waals surface area contributed by atoms with Crippen LogP contribution in [-0.4, -0.2) is 40.0 Å². The molecule has 0 radical (unpaired) electrons. The van der Waals surface area contributed by atoms with E-state index in [1.54, 1.807) is 48.5 Å². The Labute approximate surface area is 210 Å². The number of amides is 1. The Balaban J connectivity index is 1.50. The number of hydrogen-bond donors (Lipinski definition) is 1. The summed E-state index contributed by atoms with van der Waals surface area (Å²) in [5, 5.41) is 15.4. The van der Waals surface area contributed by atoms with Gasteiger partial charge in [0, 0.05) is 5.56 Å². The van der Waals surface area contributed by atoms with Gasteiger partial charge in [-0.15, -0.1) is 0 Å². The first-order valence-corrected chi connectivity index (χ1v) is 11.9. The molecule has 9 nitrogen and oxygen atoms in total. The van der Waals surface area contributed by atoms with Gasteiger partial charge in [0.25, 0.3) is 11.5 Å². The molecule has 3 aromatic carbocycles. The summed E-state index contributed by atoms with van der Waals surface area (Å²) in [6.45, 7) is 1.36. The molecule has 1 aromatic heterocycles. The summed E-state index contributed by atoms with van der Waals surface area (Å²) >= 11 is 1.11. The van der Waals surface area contributed by atoms with Crippen LogP contribution in [0, 0.1) is 6.92 Å². The molecule has 4 aromatic rings. The van der Waals surface area contributed by atoms with Gasteiger partial charge < -0.3 is 14.6 Å². The number of thioether (sulfide) groups is 1. The number of para-hydroxylation sites is 2. The number of aromatic nitrogens is 2. The number of carbonyl (C=O) groups is 2. The lowest BCUT2D eigenvalue weighted by Crippen LogP contribution is -2.29. The second kappa shape index (κ2) is 11.3. The molecule has 0 atom stereocenters. The maximum absolute atomic E-state index is 13.3. The molecule has 0 aliphatic rings. The van der Waals surface area contributed by atoms with Crippen LogP contribution in [-0.2, 0) is 9.59 Å². The zero-order chi connectivity index (χ0) is 25.5. The van der Waals surface area contributed by atoms with E-state index in [0.29, 0.717) is 27.3 Å². The summed E-state index contributed by atoms with van der Waals surface area (Å²) in [7, 11) is 0. The highest BCUT2D eigenvalue weighted by Crippen LogP contribution is 2.21. The number of rotatable bonds is 9. The lowest BCUT2D eigenvalue weighted by molar-refractivity contribution is -0.307. The Hall–Kier alpha value is -4.44. The third kappa shape index (κ3) is 5.97. The molecule has 1 amide bonds. The van der Waals surface area contributed by atoms with Crippen LogP contribution in [0.15, 0.2) is 87.8 Å². The van der Waals surface area contributed by atoms with E-state index in [9.17, 15) is 19.5 Å². The minimum Gasteiger partial charge on any atom is -0.546 e. The van der Waals surface area contributed by atoms with E-state index in [1.165, 1.54) is 10.8 Å². The number of carboxylic acid groups (broad SMARTS) is 1. The maximum atomic E-state index is 13.3. The van der Waals surface area contributed by atoms with Gasteiger partial charge in [0.05, 0.1) is 34.5 Å². The second-order valence-electron chi connectivity index (χ2n) is 7.67. The SMILES string of the molecule is Cc1ccc(-n2c(SCC(=O)N/N=C\c3ccccc3OCC(=O)[O-])nc3ccccc3c2=O)cc1. The van der Waals surface area contributed by atoms with Gasteiger partial charge in [0.1, 0.15) is 12.4 Å². The van der Waals surface area contributed by atoms with Crippen molar-refractivity contribution in [2.45, 2.75) is 12.1 Å². The number of carboxylic acids is 1. The van der Waals surface area contributed by atoms with Crippen molar-refractivity contribution in [3.05, 3.63) is 94.3 Å². The van der Waals surface area contributed by atoms with Crippen molar-refractivity contribution < 1.29 is 19.4 Å². The van der Waals surface area contributed by atoms with E-state index in [-0.39, 0.29) is 17.1 Å². The number of benzene rings is 3. The predicted molar refractivity (Wildman–Crippen MR) is 135 cm³/mol. The predicted octanol–water partition coefficient (Wildman–Crippen LogP) is 2.07. The van der Waals surface area contributed by atoms with E-state index >= 15 is 0 Å². The van der Waals surface area contributed by atoms with Crippen molar-refractivity contribution in [1.29, 1.82) is 0 Å². The van der Waals surface area contributed by atoms with Crippen LogP contribution in [0.1, 0.15) is 11.1 Å². The van der Waals surface area contributed by atoms with Crippen LogP contribution in [0.2, 0.25) is 0 Å². The number of aliphatic carboxylic acids is 1. The van der Waals surface area contributed by atoms with Gasteiger partial charge in [0.15, 0.2) is 5.16 Å². The lowest BCUT2D eigenvalue weighted by Gasteiger charge is -2.13. The monoisotopic (exact) mass is 501 g/mol. The fourth-order valence-electron chi connectivity index (χ4n) is 3.32. The maximum Gasteiger partial charge on any atom is 0.266 e. The number of nitrogens with zero attached hydrogens (tertiary/aromatic N) is 3. The minimum absolute atomic E-state index is 0.0448. The van der Waals surface area contributed by atoms with Crippen LogP contribution in [0.3, 0.4) is 0 Å². The number of fused-ring (bicyclic) bond motifs is 1. The second-order valence-corrected chi connectivity index (χ2v) is 8.61. The van der Waals surface area contributed by atoms with E-state index < -0.39 is 18.5 Å².